The van der Waals surface area contributed by atoms with Gasteiger partial charge in [0.2, 0.25) is 5.41 Å². The van der Waals surface area contributed by atoms with E-state index in [4.69, 9.17) is 0 Å². The quantitative estimate of drug-likeness (QED) is 0.451. The Bertz CT molecular complexity index is 491. The minimum Gasteiger partial charge on any atom is -0.253 e. The van der Waals surface area contributed by atoms with Gasteiger partial charge in [-0.3, -0.25) is 30.3 Å². The Balaban J connectivity index is 3.62. The molecular weight excluding hydrogens is 258 g/mol. The maximum absolute atomic E-state index is 11.0. The highest BCUT2D eigenvalue weighted by atomic mass is 16.7. The van der Waals surface area contributed by atoms with Gasteiger partial charge in [0.25, 0.3) is 0 Å². The first-order valence-corrected chi connectivity index (χ1v) is 5.18. The van der Waals surface area contributed by atoms with Crippen LogP contribution in [-0.4, -0.2) is 20.6 Å². The molecule has 0 atom stereocenters. The highest BCUT2D eigenvalue weighted by molar-refractivity contribution is 5.25. The van der Waals surface area contributed by atoms with Crippen LogP contribution in [0, 0.1) is 30.3 Å². The molecule has 0 bridgehead atoms. The van der Waals surface area contributed by atoms with Crippen LogP contribution >= 0.6 is 0 Å². The van der Waals surface area contributed by atoms with E-state index in [0.29, 0.717) is 0 Å². The van der Waals surface area contributed by atoms with Crippen LogP contribution in [0.15, 0.2) is 30.3 Å². The van der Waals surface area contributed by atoms with Crippen LogP contribution in [0.2, 0.25) is 0 Å². The van der Waals surface area contributed by atoms with E-state index >= 15 is 0 Å². The standard InChI is InChI=1S/C10H11N3O6/c1-9(2,8-6-4-3-5-7-8)10(11(14)15,12(16)17)13(18)19/h3-7H,1-2H3. The van der Waals surface area contributed by atoms with Crippen LogP contribution < -0.4 is 0 Å². The van der Waals surface area contributed by atoms with E-state index in [9.17, 15) is 30.3 Å². The molecule has 9 nitrogen and oxygen atoms in total. The summed E-state index contributed by atoms with van der Waals surface area (Å²) in [6.07, 6.45) is 0. The second kappa shape index (κ2) is 4.59. The van der Waals surface area contributed by atoms with Crippen LogP contribution in [0.5, 0.6) is 0 Å². The summed E-state index contributed by atoms with van der Waals surface area (Å²) in [5.74, 6) is -3.53. The molecule has 0 saturated carbocycles. The van der Waals surface area contributed by atoms with Crippen molar-refractivity contribution < 1.29 is 14.8 Å². The summed E-state index contributed by atoms with van der Waals surface area (Å²) in [4.78, 5) is 28.8. The number of hydrogen-bond donors (Lipinski definition) is 0. The normalized spacial score (nSPS) is 11.9. The Morgan fingerprint density at radius 1 is 0.842 bits per heavy atom. The molecule has 9 heteroatoms. The van der Waals surface area contributed by atoms with Gasteiger partial charge in [0.05, 0.1) is 0 Å². The fourth-order valence-electron chi connectivity index (χ4n) is 1.93. The molecule has 0 aliphatic carbocycles. The lowest BCUT2D eigenvalue weighted by Crippen LogP contribution is -2.64. The predicted octanol–water partition coefficient (Wildman–Crippen LogP) is 1.45. The van der Waals surface area contributed by atoms with Crippen LogP contribution in [0.1, 0.15) is 19.4 Å². The molecular formula is C10H11N3O6. The number of nitro groups is 3. The molecule has 1 rings (SSSR count). The van der Waals surface area contributed by atoms with Crippen molar-refractivity contribution >= 4 is 0 Å². The first-order valence-electron chi connectivity index (χ1n) is 5.18. The van der Waals surface area contributed by atoms with Gasteiger partial charge in [-0.25, -0.2) is 0 Å². The second-order valence-electron chi connectivity index (χ2n) is 4.40. The maximum atomic E-state index is 11.0. The first-order chi connectivity index (χ1) is 8.69. The van der Waals surface area contributed by atoms with Gasteiger partial charge in [-0.2, -0.15) is 0 Å². The molecule has 0 unspecified atom stereocenters. The molecule has 0 N–H and O–H groups in total. The summed E-state index contributed by atoms with van der Waals surface area (Å²) >= 11 is 0. The van der Waals surface area contributed by atoms with Gasteiger partial charge in [-0.1, -0.05) is 30.3 Å². The van der Waals surface area contributed by atoms with Crippen molar-refractivity contribution in [2.45, 2.75) is 25.0 Å². The molecule has 0 fully saturated rings. The van der Waals surface area contributed by atoms with E-state index in [0.717, 1.165) is 13.8 Å². The molecule has 1 aromatic rings. The van der Waals surface area contributed by atoms with Crippen molar-refractivity contribution in [1.29, 1.82) is 0 Å². The molecule has 0 radical (unpaired) electrons. The summed E-state index contributed by atoms with van der Waals surface area (Å²) in [6.45, 7) is 2.22. The lowest BCUT2D eigenvalue weighted by Gasteiger charge is -2.24. The average molecular weight is 269 g/mol. The van der Waals surface area contributed by atoms with E-state index in [1.54, 1.807) is 6.07 Å². The van der Waals surface area contributed by atoms with Gasteiger partial charge in [0, 0.05) is 0 Å². The third kappa shape index (κ3) is 1.88. The Morgan fingerprint density at radius 2 is 1.21 bits per heavy atom. The molecule has 0 amide bonds. The average Bonchev–Trinajstić information content (AvgIpc) is 2.28. The maximum Gasteiger partial charge on any atom is 0.708 e. The topological polar surface area (TPSA) is 129 Å². The summed E-state index contributed by atoms with van der Waals surface area (Å²) in [5.41, 5.74) is -1.79. The van der Waals surface area contributed by atoms with Crippen LogP contribution in [0.3, 0.4) is 0 Å². The van der Waals surface area contributed by atoms with Crippen LogP contribution in [0.4, 0.5) is 0 Å². The van der Waals surface area contributed by atoms with E-state index in [2.05, 4.69) is 0 Å². The van der Waals surface area contributed by atoms with Gasteiger partial charge in [-0.15, -0.1) is 0 Å². The van der Waals surface area contributed by atoms with Crippen molar-refractivity contribution in [3.8, 4) is 0 Å². The van der Waals surface area contributed by atoms with Gasteiger partial charge in [0.1, 0.15) is 0 Å². The zero-order chi connectivity index (χ0) is 14.8. The zero-order valence-electron chi connectivity index (χ0n) is 10.2. The Labute approximate surface area is 107 Å². The largest absolute Gasteiger partial charge is 0.708 e. The molecule has 19 heavy (non-hydrogen) atoms. The van der Waals surface area contributed by atoms with E-state index in [-0.39, 0.29) is 5.56 Å². The molecule has 0 spiro atoms. The summed E-state index contributed by atoms with van der Waals surface area (Å²) < 4.78 is 0. The molecule has 0 saturated heterocycles. The van der Waals surface area contributed by atoms with E-state index < -0.39 is 26.0 Å². The number of rotatable bonds is 5. The Hall–Kier alpha value is -2.58. The molecule has 0 aliphatic rings. The van der Waals surface area contributed by atoms with Crippen molar-refractivity contribution in [3.63, 3.8) is 0 Å². The number of benzene rings is 1. The number of hydrogen-bond acceptors (Lipinski definition) is 6. The summed E-state index contributed by atoms with van der Waals surface area (Å²) in [7, 11) is 0. The smallest absolute Gasteiger partial charge is 0.253 e. The SMILES string of the molecule is CC(C)(c1ccccc1)C([N+](=O)[O-])([N+](=O)[O-])[N+](=O)[O-]. The molecule has 1 aromatic carbocycles. The number of nitrogens with zero attached hydrogens (tertiary/aromatic N) is 3. The van der Waals surface area contributed by atoms with Crippen LogP contribution in [-0.2, 0) is 5.41 Å². The molecule has 0 aromatic heterocycles. The lowest BCUT2D eigenvalue weighted by molar-refractivity contribution is -0.980. The predicted molar refractivity (Wildman–Crippen MR) is 63.2 cm³/mol. The van der Waals surface area contributed by atoms with E-state index in [1.165, 1.54) is 24.3 Å². The zero-order valence-corrected chi connectivity index (χ0v) is 10.2. The first kappa shape index (κ1) is 14.5. The molecule has 0 heterocycles. The molecule has 0 aliphatic heterocycles. The monoisotopic (exact) mass is 269 g/mol. The van der Waals surface area contributed by atoms with Gasteiger partial charge >= 0.3 is 5.79 Å². The van der Waals surface area contributed by atoms with Crippen LogP contribution in [0.25, 0.3) is 0 Å². The molecule has 102 valence electrons. The van der Waals surface area contributed by atoms with E-state index in [1.807, 2.05) is 0 Å². The summed E-state index contributed by atoms with van der Waals surface area (Å²) in [6, 6.07) is 7.37. The van der Waals surface area contributed by atoms with Crippen molar-refractivity contribution in [2.75, 3.05) is 0 Å². The van der Waals surface area contributed by atoms with Crippen molar-refractivity contribution in [3.05, 3.63) is 66.2 Å². The van der Waals surface area contributed by atoms with Crippen molar-refractivity contribution in [2.24, 2.45) is 0 Å². The minimum absolute atomic E-state index is 0.139. The fraction of sp³-hybridized carbons (Fsp3) is 0.400. The van der Waals surface area contributed by atoms with Gasteiger partial charge in [-0.05, 0) is 19.4 Å². The summed E-state index contributed by atoms with van der Waals surface area (Å²) in [5, 5.41) is 33.1. The Kier molecular flexibility index (Phi) is 3.50. The minimum atomic E-state index is -3.53. The van der Waals surface area contributed by atoms with Gasteiger partial charge < -0.3 is 0 Å². The third-order valence-corrected chi connectivity index (χ3v) is 3.10. The highest BCUT2D eigenvalue weighted by Crippen LogP contribution is 2.38. The van der Waals surface area contributed by atoms with Gasteiger partial charge in [0.15, 0.2) is 14.8 Å². The lowest BCUT2D eigenvalue weighted by atomic mass is 9.78. The second-order valence-corrected chi connectivity index (χ2v) is 4.40. The highest BCUT2D eigenvalue weighted by Gasteiger charge is 2.81. The third-order valence-electron chi connectivity index (χ3n) is 3.10. The van der Waals surface area contributed by atoms with Crippen molar-refractivity contribution in [1.82, 2.24) is 0 Å². The fourth-order valence-corrected chi connectivity index (χ4v) is 1.93. The Morgan fingerprint density at radius 3 is 1.53 bits per heavy atom.